The van der Waals surface area contributed by atoms with Crippen LogP contribution in [-0.2, 0) is 14.6 Å². The number of hydrogen-bond acceptors (Lipinski definition) is 4. The maximum absolute atomic E-state index is 11.5. The van der Waals surface area contributed by atoms with Crippen molar-refractivity contribution in [3.8, 4) is 0 Å². The van der Waals surface area contributed by atoms with Crippen molar-refractivity contribution in [2.45, 2.75) is 30.6 Å². The SMILES string of the molecule is CC(=O)O.CS(=O)(=O)c1cccc(C2CCNCC2)c1. The maximum atomic E-state index is 11.5. The molecule has 6 heteroatoms. The van der Waals surface area contributed by atoms with Crippen LogP contribution in [0.25, 0.3) is 0 Å². The van der Waals surface area contributed by atoms with Gasteiger partial charge in [0.25, 0.3) is 5.97 Å². The Hall–Kier alpha value is -1.40. The van der Waals surface area contributed by atoms with Crippen LogP contribution in [0.5, 0.6) is 0 Å². The summed E-state index contributed by atoms with van der Waals surface area (Å²) in [7, 11) is -3.08. The summed E-state index contributed by atoms with van der Waals surface area (Å²) in [5, 5.41) is 10.7. The Morgan fingerprint density at radius 1 is 1.30 bits per heavy atom. The largest absolute Gasteiger partial charge is 0.481 e. The third kappa shape index (κ3) is 5.71. The Labute approximate surface area is 119 Å². The van der Waals surface area contributed by atoms with Crippen molar-refractivity contribution in [2.24, 2.45) is 0 Å². The molecule has 1 heterocycles. The number of benzene rings is 1. The van der Waals surface area contributed by atoms with Crippen molar-refractivity contribution >= 4 is 15.8 Å². The first-order valence-corrected chi connectivity index (χ1v) is 8.40. The molecule has 1 saturated heterocycles. The molecule has 0 amide bonds. The van der Waals surface area contributed by atoms with E-state index < -0.39 is 15.8 Å². The molecule has 0 aliphatic carbocycles. The summed E-state index contributed by atoms with van der Waals surface area (Å²) in [5.41, 5.74) is 1.16. The van der Waals surface area contributed by atoms with Crippen LogP contribution in [0.15, 0.2) is 29.2 Å². The van der Waals surface area contributed by atoms with E-state index in [9.17, 15) is 8.42 Å². The molecule has 0 saturated carbocycles. The fourth-order valence-corrected chi connectivity index (χ4v) is 2.83. The van der Waals surface area contributed by atoms with Gasteiger partial charge in [-0.2, -0.15) is 0 Å². The Kier molecular flexibility index (Phi) is 6.16. The van der Waals surface area contributed by atoms with E-state index in [-0.39, 0.29) is 0 Å². The molecule has 0 atom stereocenters. The quantitative estimate of drug-likeness (QED) is 0.867. The first-order chi connectivity index (χ1) is 9.30. The Balaban J connectivity index is 0.000000444. The predicted molar refractivity (Wildman–Crippen MR) is 77.7 cm³/mol. The van der Waals surface area contributed by atoms with Crippen LogP contribution in [0, 0.1) is 0 Å². The van der Waals surface area contributed by atoms with E-state index in [0.717, 1.165) is 38.4 Å². The third-order valence-corrected chi connectivity index (χ3v) is 4.21. The second-order valence-electron chi connectivity index (χ2n) is 4.89. The molecule has 1 aromatic rings. The molecule has 0 bridgehead atoms. The molecule has 1 fully saturated rings. The molecular formula is C14H21NO4S. The highest BCUT2D eigenvalue weighted by Gasteiger charge is 2.16. The van der Waals surface area contributed by atoms with Crippen LogP contribution in [-0.4, -0.2) is 38.8 Å². The number of carboxylic acid groups (broad SMARTS) is 1. The minimum absolute atomic E-state index is 0.434. The highest BCUT2D eigenvalue weighted by atomic mass is 32.2. The fourth-order valence-electron chi connectivity index (χ4n) is 2.15. The minimum atomic E-state index is -3.08. The van der Waals surface area contributed by atoms with Gasteiger partial charge in [-0.1, -0.05) is 12.1 Å². The lowest BCUT2D eigenvalue weighted by Crippen LogP contribution is -2.26. The van der Waals surface area contributed by atoms with Crippen LogP contribution >= 0.6 is 0 Å². The van der Waals surface area contributed by atoms with Crippen molar-refractivity contribution in [1.29, 1.82) is 0 Å². The number of nitrogens with one attached hydrogen (secondary N) is 1. The Bertz CT molecular complexity index is 544. The van der Waals surface area contributed by atoms with Crippen LogP contribution in [0.3, 0.4) is 0 Å². The number of sulfone groups is 1. The van der Waals surface area contributed by atoms with Crippen molar-refractivity contribution in [2.75, 3.05) is 19.3 Å². The lowest BCUT2D eigenvalue weighted by atomic mass is 9.90. The predicted octanol–water partition coefficient (Wildman–Crippen LogP) is 1.65. The van der Waals surface area contributed by atoms with E-state index in [4.69, 9.17) is 9.90 Å². The number of carbonyl (C=O) groups is 1. The fraction of sp³-hybridized carbons (Fsp3) is 0.500. The first-order valence-electron chi connectivity index (χ1n) is 6.51. The monoisotopic (exact) mass is 299 g/mol. The second-order valence-corrected chi connectivity index (χ2v) is 6.90. The Morgan fingerprint density at radius 3 is 2.35 bits per heavy atom. The summed E-state index contributed by atoms with van der Waals surface area (Å²) in [6.45, 7) is 3.13. The molecule has 1 aliphatic heterocycles. The smallest absolute Gasteiger partial charge is 0.300 e. The van der Waals surface area contributed by atoms with Crippen molar-refractivity contribution in [3.63, 3.8) is 0 Å². The minimum Gasteiger partial charge on any atom is -0.481 e. The van der Waals surface area contributed by atoms with Crippen molar-refractivity contribution in [1.82, 2.24) is 5.32 Å². The zero-order valence-corrected chi connectivity index (χ0v) is 12.6. The van der Waals surface area contributed by atoms with E-state index in [1.165, 1.54) is 6.26 Å². The van der Waals surface area contributed by atoms with Gasteiger partial charge >= 0.3 is 0 Å². The lowest BCUT2D eigenvalue weighted by Gasteiger charge is -2.23. The molecule has 1 aliphatic rings. The van der Waals surface area contributed by atoms with Gasteiger partial charge in [0, 0.05) is 13.2 Å². The molecule has 5 nitrogen and oxygen atoms in total. The number of carboxylic acids is 1. The average molecular weight is 299 g/mol. The normalized spacial score (nSPS) is 16.1. The number of rotatable bonds is 2. The van der Waals surface area contributed by atoms with Crippen LogP contribution in [0.4, 0.5) is 0 Å². The summed E-state index contributed by atoms with van der Waals surface area (Å²) >= 11 is 0. The zero-order valence-electron chi connectivity index (χ0n) is 11.8. The van der Waals surface area contributed by atoms with Gasteiger partial charge in [-0.15, -0.1) is 0 Å². The molecule has 20 heavy (non-hydrogen) atoms. The number of piperidine rings is 1. The van der Waals surface area contributed by atoms with Crippen molar-refractivity contribution < 1.29 is 18.3 Å². The molecular weight excluding hydrogens is 278 g/mol. The van der Waals surface area contributed by atoms with Gasteiger partial charge in [0.05, 0.1) is 4.90 Å². The Morgan fingerprint density at radius 2 is 1.85 bits per heavy atom. The molecule has 0 radical (unpaired) electrons. The van der Waals surface area contributed by atoms with Gasteiger partial charge < -0.3 is 10.4 Å². The molecule has 112 valence electrons. The van der Waals surface area contributed by atoms with Gasteiger partial charge in [-0.25, -0.2) is 8.42 Å². The van der Waals surface area contributed by atoms with Gasteiger partial charge in [0.2, 0.25) is 0 Å². The van der Waals surface area contributed by atoms with Crippen LogP contribution in [0.1, 0.15) is 31.2 Å². The third-order valence-electron chi connectivity index (χ3n) is 3.10. The van der Waals surface area contributed by atoms with E-state index in [1.807, 2.05) is 18.2 Å². The van der Waals surface area contributed by atoms with Crippen molar-refractivity contribution in [3.05, 3.63) is 29.8 Å². The van der Waals surface area contributed by atoms with E-state index >= 15 is 0 Å². The highest BCUT2D eigenvalue weighted by molar-refractivity contribution is 7.90. The summed E-state index contributed by atoms with van der Waals surface area (Å²) in [6.07, 6.45) is 3.44. The molecule has 1 aromatic carbocycles. The maximum Gasteiger partial charge on any atom is 0.300 e. The number of aliphatic carboxylic acids is 1. The standard InChI is InChI=1S/C12H17NO2S.C2H4O2/c1-16(14,15)12-4-2-3-11(9-12)10-5-7-13-8-6-10;1-2(3)4/h2-4,9-10,13H,5-8H2,1H3;1H3,(H,3,4). The molecule has 0 unspecified atom stereocenters. The molecule has 0 aromatic heterocycles. The average Bonchev–Trinajstić information content (AvgIpc) is 2.38. The first kappa shape index (κ1) is 16.7. The van der Waals surface area contributed by atoms with Crippen LogP contribution in [0.2, 0.25) is 0 Å². The lowest BCUT2D eigenvalue weighted by molar-refractivity contribution is -0.134. The summed E-state index contributed by atoms with van der Waals surface area (Å²) in [6, 6.07) is 7.36. The van der Waals surface area contributed by atoms with Crippen LogP contribution < -0.4 is 5.32 Å². The van der Waals surface area contributed by atoms with Gasteiger partial charge in [0.1, 0.15) is 0 Å². The van der Waals surface area contributed by atoms with E-state index in [1.54, 1.807) is 6.07 Å². The van der Waals surface area contributed by atoms with Gasteiger partial charge in [-0.05, 0) is 49.5 Å². The highest BCUT2D eigenvalue weighted by Crippen LogP contribution is 2.26. The number of hydrogen-bond donors (Lipinski definition) is 2. The second kappa shape index (κ2) is 7.40. The summed E-state index contributed by atoms with van der Waals surface area (Å²) < 4.78 is 22.9. The molecule has 2 rings (SSSR count). The summed E-state index contributed by atoms with van der Waals surface area (Å²) in [5.74, 6) is -0.331. The summed E-state index contributed by atoms with van der Waals surface area (Å²) in [4.78, 5) is 9.43. The molecule has 2 N–H and O–H groups in total. The van der Waals surface area contributed by atoms with Gasteiger partial charge in [0.15, 0.2) is 9.84 Å². The topological polar surface area (TPSA) is 83.5 Å². The van der Waals surface area contributed by atoms with E-state index in [2.05, 4.69) is 5.32 Å². The van der Waals surface area contributed by atoms with Gasteiger partial charge in [-0.3, -0.25) is 4.79 Å². The zero-order chi connectivity index (χ0) is 15.2. The van der Waals surface area contributed by atoms with E-state index in [0.29, 0.717) is 10.8 Å². The molecule has 0 spiro atoms.